The van der Waals surface area contributed by atoms with Gasteiger partial charge in [0.15, 0.2) is 0 Å². The average molecular weight is 244 g/mol. The van der Waals surface area contributed by atoms with E-state index in [9.17, 15) is 0 Å². The molecule has 17 heavy (non-hydrogen) atoms. The van der Waals surface area contributed by atoms with Gasteiger partial charge in [-0.05, 0) is 26.0 Å². The summed E-state index contributed by atoms with van der Waals surface area (Å²) >= 11 is 1.64. The summed E-state index contributed by atoms with van der Waals surface area (Å²) < 4.78 is 0. The van der Waals surface area contributed by atoms with Crippen LogP contribution in [-0.4, -0.2) is 9.97 Å². The van der Waals surface area contributed by atoms with E-state index in [0.717, 1.165) is 15.6 Å². The molecule has 0 aliphatic carbocycles. The van der Waals surface area contributed by atoms with Crippen molar-refractivity contribution in [3.8, 4) is 6.07 Å². The van der Waals surface area contributed by atoms with Gasteiger partial charge < -0.3 is 5.32 Å². The highest BCUT2D eigenvalue weighted by Crippen LogP contribution is 2.16. The SMILES string of the molecule is Cc1ccc(C#N)c(NCc2cnc(C)s2)n1. The van der Waals surface area contributed by atoms with Gasteiger partial charge in [-0.3, -0.25) is 0 Å². The lowest BCUT2D eigenvalue weighted by atomic mass is 10.2. The Bertz CT molecular complexity index is 568. The van der Waals surface area contributed by atoms with E-state index < -0.39 is 0 Å². The molecule has 2 heterocycles. The molecule has 86 valence electrons. The summed E-state index contributed by atoms with van der Waals surface area (Å²) in [6.45, 7) is 4.53. The molecule has 0 fully saturated rings. The second kappa shape index (κ2) is 4.93. The van der Waals surface area contributed by atoms with Gasteiger partial charge in [0.2, 0.25) is 0 Å². The maximum absolute atomic E-state index is 8.97. The number of rotatable bonds is 3. The fourth-order valence-electron chi connectivity index (χ4n) is 1.44. The Morgan fingerprint density at radius 3 is 2.88 bits per heavy atom. The van der Waals surface area contributed by atoms with Crippen molar-refractivity contribution < 1.29 is 0 Å². The van der Waals surface area contributed by atoms with Crippen molar-refractivity contribution in [2.45, 2.75) is 20.4 Å². The zero-order valence-corrected chi connectivity index (χ0v) is 10.5. The second-order valence-corrected chi connectivity index (χ2v) is 4.98. The highest BCUT2D eigenvalue weighted by atomic mass is 32.1. The minimum absolute atomic E-state index is 0.567. The van der Waals surface area contributed by atoms with Crippen molar-refractivity contribution in [2.75, 3.05) is 5.32 Å². The molecule has 0 aliphatic rings. The first-order valence-corrected chi connectivity index (χ1v) is 6.03. The van der Waals surface area contributed by atoms with E-state index in [2.05, 4.69) is 21.4 Å². The van der Waals surface area contributed by atoms with Crippen LogP contribution in [0.25, 0.3) is 0 Å². The van der Waals surface area contributed by atoms with E-state index in [1.54, 1.807) is 17.4 Å². The first kappa shape index (κ1) is 11.6. The molecule has 0 amide bonds. The van der Waals surface area contributed by atoms with E-state index in [-0.39, 0.29) is 0 Å². The van der Waals surface area contributed by atoms with Crippen LogP contribution in [0.3, 0.4) is 0 Å². The lowest BCUT2D eigenvalue weighted by molar-refractivity contribution is 1.10. The van der Waals surface area contributed by atoms with Crippen LogP contribution in [0.4, 0.5) is 5.82 Å². The fraction of sp³-hybridized carbons (Fsp3) is 0.250. The summed E-state index contributed by atoms with van der Waals surface area (Å²) in [6, 6.07) is 5.74. The minimum atomic E-state index is 0.567. The van der Waals surface area contributed by atoms with Crippen LogP contribution < -0.4 is 5.32 Å². The molecule has 0 saturated heterocycles. The Labute approximate surface area is 104 Å². The standard InChI is InChI=1S/C12H12N4S/c1-8-3-4-10(5-13)12(16-8)15-7-11-6-14-9(2)17-11/h3-4,6H,7H2,1-2H3,(H,15,16). The van der Waals surface area contributed by atoms with Gasteiger partial charge in [0.25, 0.3) is 0 Å². The second-order valence-electron chi connectivity index (χ2n) is 3.66. The van der Waals surface area contributed by atoms with E-state index in [4.69, 9.17) is 5.26 Å². The molecule has 2 aromatic rings. The zero-order chi connectivity index (χ0) is 12.3. The number of hydrogen-bond acceptors (Lipinski definition) is 5. The fourth-order valence-corrected chi connectivity index (χ4v) is 2.17. The van der Waals surface area contributed by atoms with Gasteiger partial charge in [-0.15, -0.1) is 11.3 Å². The number of nitrogens with one attached hydrogen (secondary N) is 1. The van der Waals surface area contributed by atoms with Crippen LogP contribution in [0.5, 0.6) is 0 Å². The smallest absolute Gasteiger partial charge is 0.144 e. The first-order chi connectivity index (χ1) is 8.19. The highest BCUT2D eigenvalue weighted by Gasteiger charge is 2.04. The molecule has 0 aliphatic heterocycles. The molecule has 4 nitrogen and oxygen atoms in total. The molecule has 0 radical (unpaired) electrons. The Balaban J connectivity index is 2.13. The normalized spacial score (nSPS) is 9.94. The molecule has 1 N–H and O–H groups in total. The Morgan fingerprint density at radius 1 is 1.41 bits per heavy atom. The van der Waals surface area contributed by atoms with Gasteiger partial charge in [-0.2, -0.15) is 5.26 Å². The van der Waals surface area contributed by atoms with Gasteiger partial charge in [0.05, 0.1) is 17.1 Å². The van der Waals surface area contributed by atoms with E-state index in [1.165, 1.54) is 0 Å². The van der Waals surface area contributed by atoms with E-state index >= 15 is 0 Å². The quantitative estimate of drug-likeness (QED) is 0.901. The predicted octanol–water partition coefficient (Wildman–Crippen LogP) is 2.64. The predicted molar refractivity (Wildman–Crippen MR) is 67.9 cm³/mol. The van der Waals surface area contributed by atoms with E-state index in [1.807, 2.05) is 26.1 Å². The lowest BCUT2D eigenvalue weighted by Gasteiger charge is -2.06. The van der Waals surface area contributed by atoms with Crippen molar-refractivity contribution in [1.29, 1.82) is 5.26 Å². The van der Waals surface area contributed by atoms with Gasteiger partial charge in [0, 0.05) is 16.8 Å². The maximum atomic E-state index is 8.97. The number of nitriles is 1. The molecule has 0 aromatic carbocycles. The van der Waals surface area contributed by atoms with E-state index in [0.29, 0.717) is 17.9 Å². The molecule has 0 bridgehead atoms. The van der Waals surface area contributed by atoms with Gasteiger partial charge in [-0.25, -0.2) is 9.97 Å². The molecule has 0 saturated carbocycles. The third-order valence-corrected chi connectivity index (χ3v) is 3.17. The lowest BCUT2D eigenvalue weighted by Crippen LogP contribution is -2.03. The molecule has 0 atom stereocenters. The summed E-state index contributed by atoms with van der Waals surface area (Å²) in [5.74, 6) is 0.638. The summed E-state index contributed by atoms with van der Waals surface area (Å²) in [5.41, 5.74) is 1.46. The van der Waals surface area contributed by atoms with Crippen molar-refractivity contribution >= 4 is 17.2 Å². The topological polar surface area (TPSA) is 61.6 Å². The first-order valence-electron chi connectivity index (χ1n) is 5.22. The summed E-state index contributed by atoms with van der Waals surface area (Å²) in [6.07, 6.45) is 1.84. The number of nitrogens with zero attached hydrogens (tertiary/aromatic N) is 3. The molecular weight excluding hydrogens is 232 g/mol. The molecule has 2 rings (SSSR count). The molecule has 2 aromatic heterocycles. The largest absolute Gasteiger partial charge is 0.364 e. The van der Waals surface area contributed by atoms with Crippen LogP contribution in [0.2, 0.25) is 0 Å². The molecule has 0 unspecified atom stereocenters. The number of anilines is 1. The Morgan fingerprint density at radius 2 is 2.24 bits per heavy atom. The zero-order valence-electron chi connectivity index (χ0n) is 9.69. The van der Waals surface area contributed by atoms with Crippen molar-refractivity contribution in [1.82, 2.24) is 9.97 Å². The monoisotopic (exact) mass is 244 g/mol. The number of aromatic nitrogens is 2. The summed E-state index contributed by atoms with van der Waals surface area (Å²) in [7, 11) is 0. The Hall–Kier alpha value is -1.93. The van der Waals surface area contributed by atoms with Crippen LogP contribution in [0, 0.1) is 25.2 Å². The third-order valence-electron chi connectivity index (χ3n) is 2.25. The average Bonchev–Trinajstić information content (AvgIpc) is 2.73. The summed E-state index contributed by atoms with van der Waals surface area (Å²) in [4.78, 5) is 9.63. The van der Waals surface area contributed by atoms with Gasteiger partial charge >= 0.3 is 0 Å². The third kappa shape index (κ3) is 2.80. The summed E-state index contributed by atoms with van der Waals surface area (Å²) in [5, 5.41) is 13.2. The molecule has 5 heteroatoms. The van der Waals surface area contributed by atoms with Crippen LogP contribution >= 0.6 is 11.3 Å². The number of thiazole rings is 1. The number of hydrogen-bond donors (Lipinski definition) is 1. The van der Waals surface area contributed by atoms with Gasteiger partial charge in [-0.1, -0.05) is 0 Å². The van der Waals surface area contributed by atoms with Gasteiger partial charge in [0.1, 0.15) is 11.9 Å². The minimum Gasteiger partial charge on any atom is -0.364 e. The molecular formula is C12H12N4S. The van der Waals surface area contributed by atoms with Crippen LogP contribution in [-0.2, 0) is 6.54 Å². The number of pyridine rings is 1. The van der Waals surface area contributed by atoms with Crippen molar-refractivity contribution in [3.05, 3.63) is 39.5 Å². The Kier molecular flexibility index (Phi) is 3.35. The van der Waals surface area contributed by atoms with Crippen molar-refractivity contribution in [3.63, 3.8) is 0 Å². The maximum Gasteiger partial charge on any atom is 0.144 e. The highest BCUT2D eigenvalue weighted by molar-refractivity contribution is 7.11. The van der Waals surface area contributed by atoms with Crippen LogP contribution in [0.15, 0.2) is 18.3 Å². The molecule has 0 spiro atoms. The van der Waals surface area contributed by atoms with Crippen molar-refractivity contribution in [2.24, 2.45) is 0 Å². The van der Waals surface area contributed by atoms with Crippen LogP contribution in [0.1, 0.15) is 21.1 Å². The number of aryl methyl sites for hydroxylation is 2.